The molecule has 1 aromatic carbocycles. The van der Waals surface area contributed by atoms with Gasteiger partial charge in [0.05, 0.1) is 22.2 Å². The van der Waals surface area contributed by atoms with Crippen molar-refractivity contribution in [1.82, 2.24) is 4.57 Å². The van der Waals surface area contributed by atoms with Crippen LogP contribution in [0.1, 0.15) is 61.5 Å². The number of ether oxygens (including phenoxy) is 1. The summed E-state index contributed by atoms with van der Waals surface area (Å²) in [6.07, 6.45) is 5.18. The maximum atomic E-state index is 12.3. The molecule has 0 saturated carbocycles. The Morgan fingerprint density at radius 3 is 2.54 bits per heavy atom. The molecule has 1 aliphatic rings. The minimum atomic E-state index is -1.83. The van der Waals surface area contributed by atoms with Gasteiger partial charge in [-0.1, -0.05) is 39.0 Å². The summed E-state index contributed by atoms with van der Waals surface area (Å²) in [5, 5.41) is 9.73. The largest absolute Gasteiger partial charge is 0.478 e. The van der Waals surface area contributed by atoms with Crippen molar-refractivity contribution in [3.8, 4) is 5.75 Å². The predicted octanol–water partition coefficient (Wildman–Crippen LogP) is 3.49. The lowest BCUT2D eigenvalue weighted by atomic mass is 9.97. The molecule has 3 rings (SSSR count). The van der Waals surface area contributed by atoms with Crippen molar-refractivity contribution in [2.75, 3.05) is 5.73 Å². The second-order valence-electron chi connectivity index (χ2n) is 7.28. The molecule has 2 heterocycles. The molecule has 0 amide bonds. The van der Waals surface area contributed by atoms with E-state index in [1.807, 2.05) is 6.92 Å². The van der Waals surface area contributed by atoms with E-state index in [2.05, 4.69) is 11.5 Å². The SMILES string of the molecule is CCCCCCCCn1c(C)c(N)c2c3c(ccc21)C(=O)C(=O)C(C(=O)O)O3. The summed E-state index contributed by atoms with van der Waals surface area (Å²) >= 11 is 0. The molecular formula is C21H26N2O5. The van der Waals surface area contributed by atoms with Crippen LogP contribution in [0.4, 0.5) is 5.69 Å². The molecule has 1 aliphatic heterocycles. The number of carboxylic acids is 1. The first-order chi connectivity index (χ1) is 13.4. The Labute approximate surface area is 163 Å². The van der Waals surface area contributed by atoms with Crippen LogP contribution in [-0.4, -0.2) is 33.3 Å². The highest BCUT2D eigenvalue weighted by molar-refractivity contribution is 6.49. The summed E-state index contributed by atoms with van der Waals surface area (Å²) in [6.45, 7) is 4.86. The first-order valence-corrected chi connectivity index (χ1v) is 9.77. The van der Waals surface area contributed by atoms with Gasteiger partial charge >= 0.3 is 5.97 Å². The highest BCUT2D eigenvalue weighted by atomic mass is 16.5. The lowest BCUT2D eigenvalue weighted by Gasteiger charge is -2.22. The van der Waals surface area contributed by atoms with Crippen LogP contribution in [0.25, 0.3) is 10.9 Å². The number of unbranched alkanes of at least 4 members (excludes halogenated alkanes) is 5. The fourth-order valence-electron chi connectivity index (χ4n) is 3.79. The van der Waals surface area contributed by atoms with Gasteiger partial charge in [0.2, 0.25) is 5.78 Å². The fraction of sp³-hybridized carbons (Fsp3) is 0.476. The minimum Gasteiger partial charge on any atom is -0.478 e. The van der Waals surface area contributed by atoms with E-state index >= 15 is 0 Å². The molecule has 150 valence electrons. The van der Waals surface area contributed by atoms with Crippen LogP contribution in [0.5, 0.6) is 5.75 Å². The van der Waals surface area contributed by atoms with E-state index in [0.717, 1.165) is 30.6 Å². The Balaban J connectivity index is 1.94. The number of rotatable bonds is 8. The Morgan fingerprint density at radius 2 is 1.86 bits per heavy atom. The normalized spacial score (nSPS) is 16.3. The number of carbonyl (C=O) groups is 3. The number of nitrogen functional groups attached to an aromatic ring is 1. The molecule has 1 unspecified atom stereocenters. The van der Waals surface area contributed by atoms with Crippen molar-refractivity contribution >= 4 is 34.1 Å². The molecule has 0 spiro atoms. The number of benzene rings is 1. The van der Waals surface area contributed by atoms with E-state index in [1.165, 1.54) is 31.7 Å². The maximum Gasteiger partial charge on any atom is 0.353 e. The number of aryl methyl sites for hydroxylation is 1. The van der Waals surface area contributed by atoms with Crippen LogP contribution in [0.2, 0.25) is 0 Å². The first kappa shape index (κ1) is 19.9. The number of nitrogens with zero attached hydrogens (tertiary/aromatic N) is 1. The zero-order valence-corrected chi connectivity index (χ0v) is 16.3. The number of nitrogens with two attached hydrogens (primary N) is 1. The summed E-state index contributed by atoms with van der Waals surface area (Å²) in [4.78, 5) is 35.6. The molecule has 7 nitrogen and oxygen atoms in total. The number of fused-ring (bicyclic) bond motifs is 3. The van der Waals surface area contributed by atoms with Crippen molar-refractivity contribution in [3.05, 3.63) is 23.4 Å². The molecular weight excluding hydrogens is 360 g/mol. The summed E-state index contributed by atoms with van der Waals surface area (Å²) in [5.41, 5.74) is 8.44. The molecule has 28 heavy (non-hydrogen) atoms. The molecule has 0 saturated heterocycles. The summed E-state index contributed by atoms with van der Waals surface area (Å²) in [7, 11) is 0. The average Bonchev–Trinajstić information content (AvgIpc) is 2.91. The fourth-order valence-corrected chi connectivity index (χ4v) is 3.79. The van der Waals surface area contributed by atoms with Crippen molar-refractivity contribution in [1.29, 1.82) is 0 Å². The van der Waals surface area contributed by atoms with E-state index in [9.17, 15) is 19.5 Å². The third-order valence-corrected chi connectivity index (χ3v) is 5.39. The van der Waals surface area contributed by atoms with E-state index in [4.69, 9.17) is 10.5 Å². The Morgan fingerprint density at radius 1 is 1.18 bits per heavy atom. The number of hydrogen-bond acceptors (Lipinski definition) is 5. The average molecular weight is 386 g/mol. The van der Waals surface area contributed by atoms with Gasteiger partial charge in [0.25, 0.3) is 11.9 Å². The summed E-state index contributed by atoms with van der Waals surface area (Å²) in [5.74, 6) is -3.31. The van der Waals surface area contributed by atoms with Crippen molar-refractivity contribution in [2.24, 2.45) is 0 Å². The highest BCUT2D eigenvalue weighted by Crippen LogP contribution is 2.40. The second kappa shape index (κ2) is 8.04. The molecule has 0 radical (unpaired) electrons. The number of Topliss-reactive ketones (excluding diaryl/α,β-unsaturated/α-hetero) is 2. The topological polar surface area (TPSA) is 112 Å². The van der Waals surface area contributed by atoms with E-state index in [1.54, 1.807) is 6.07 Å². The van der Waals surface area contributed by atoms with Gasteiger partial charge in [-0.15, -0.1) is 0 Å². The number of carbonyl (C=O) groups excluding carboxylic acids is 2. The summed E-state index contributed by atoms with van der Waals surface area (Å²) in [6, 6.07) is 3.27. The van der Waals surface area contributed by atoms with Crippen LogP contribution in [0.3, 0.4) is 0 Å². The van der Waals surface area contributed by atoms with Gasteiger partial charge < -0.3 is 20.1 Å². The molecule has 1 atom stereocenters. The molecule has 3 N–H and O–H groups in total. The van der Waals surface area contributed by atoms with Gasteiger partial charge in [0.15, 0.2) is 0 Å². The molecule has 7 heteroatoms. The smallest absolute Gasteiger partial charge is 0.353 e. The van der Waals surface area contributed by atoms with Gasteiger partial charge in [-0.25, -0.2) is 4.79 Å². The lowest BCUT2D eigenvalue weighted by molar-refractivity contribution is -0.149. The van der Waals surface area contributed by atoms with E-state index in [0.29, 0.717) is 11.1 Å². The van der Waals surface area contributed by atoms with E-state index < -0.39 is 23.6 Å². The van der Waals surface area contributed by atoms with Crippen LogP contribution < -0.4 is 10.5 Å². The van der Waals surface area contributed by atoms with Gasteiger partial charge in [0.1, 0.15) is 5.75 Å². The van der Waals surface area contributed by atoms with Crippen LogP contribution in [0, 0.1) is 6.92 Å². The van der Waals surface area contributed by atoms with Gasteiger partial charge in [-0.05, 0) is 25.5 Å². The Hall–Kier alpha value is -2.83. The number of aromatic nitrogens is 1. The monoisotopic (exact) mass is 386 g/mol. The van der Waals surface area contributed by atoms with Gasteiger partial charge in [-0.3, -0.25) is 9.59 Å². The Kier molecular flexibility index (Phi) is 5.72. The maximum absolute atomic E-state index is 12.3. The van der Waals surface area contributed by atoms with E-state index in [-0.39, 0.29) is 11.3 Å². The van der Waals surface area contributed by atoms with Crippen LogP contribution in [-0.2, 0) is 16.1 Å². The Bertz CT molecular complexity index is 944. The second-order valence-corrected chi connectivity index (χ2v) is 7.28. The quantitative estimate of drug-likeness (QED) is 0.408. The standard InChI is InChI=1S/C21H26N2O5/c1-3-4-5-6-7-8-11-23-12(2)16(22)15-14(23)10-9-13-17(24)18(25)20(21(26)27)28-19(13)15/h9-10,20H,3-8,11,22H2,1-2H3,(H,26,27). The minimum absolute atomic E-state index is 0.0680. The number of hydrogen-bond donors (Lipinski definition) is 2. The number of anilines is 1. The lowest BCUT2D eigenvalue weighted by Crippen LogP contribution is -2.43. The van der Waals surface area contributed by atoms with Crippen molar-refractivity contribution in [3.63, 3.8) is 0 Å². The zero-order valence-electron chi connectivity index (χ0n) is 16.3. The molecule has 1 aromatic heterocycles. The van der Waals surface area contributed by atoms with Gasteiger partial charge in [-0.2, -0.15) is 0 Å². The number of aliphatic carboxylic acids is 1. The third-order valence-electron chi connectivity index (χ3n) is 5.39. The van der Waals surface area contributed by atoms with Crippen LogP contribution in [0.15, 0.2) is 12.1 Å². The van der Waals surface area contributed by atoms with Crippen molar-refractivity contribution < 1.29 is 24.2 Å². The molecule has 0 bridgehead atoms. The number of carboxylic acid groups (broad SMARTS) is 1. The molecule has 0 fully saturated rings. The third kappa shape index (κ3) is 3.37. The first-order valence-electron chi connectivity index (χ1n) is 9.77. The molecule has 0 aliphatic carbocycles. The highest BCUT2D eigenvalue weighted by Gasteiger charge is 2.41. The van der Waals surface area contributed by atoms with Crippen LogP contribution >= 0.6 is 0 Å². The predicted molar refractivity (Wildman–Crippen MR) is 106 cm³/mol. The van der Waals surface area contributed by atoms with Gasteiger partial charge in [0, 0.05) is 12.2 Å². The summed E-state index contributed by atoms with van der Waals surface area (Å²) < 4.78 is 7.52. The number of ketones is 2. The zero-order chi connectivity index (χ0) is 20.4. The van der Waals surface area contributed by atoms with Crippen molar-refractivity contribution in [2.45, 2.75) is 65.0 Å². The molecule has 2 aromatic rings.